The average molecular weight is 247 g/mol. The normalized spacial score (nSPS) is 14.7. The predicted octanol–water partition coefficient (Wildman–Crippen LogP) is 2.64. The Hall–Kier alpha value is -1.51. The number of methoxy groups -OCH3 is 1. The first kappa shape index (κ1) is 12.9. The van der Waals surface area contributed by atoms with Crippen molar-refractivity contribution in [3.63, 3.8) is 0 Å². The van der Waals surface area contributed by atoms with E-state index < -0.39 is 0 Å². The summed E-state index contributed by atoms with van der Waals surface area (Å²) >= 11 is 0. The molecule has 1 aromatic rings. The van der Waals surface area contributed by atoms with Crippen molar-refractivity contribution in [2.24, 2.45) is 0 Å². The van der Waals surface area contributed by atoms with Crippen LogP contribution in [0.15, 0.2) is 18.2 Å². The van der Waals surface area contributed by atoms with E-state index in [0.29, 0.717) is 18.4 Å². The standard InChI is InChI=1S/C15H21NO2/c1-10(2)11-4-5-12(14(8-11)18-3)9-15(17)16-13-6-7-13/h4-5,8,10,13H,6-7,9H2,1-3H3,(H,16,17). The van der Waals surface area contributed by atoms with E-state index in [9.17, 15) is 4.79 Å². The summed E-state index contributed by atoms with van der Waals surface area (Å²) in [4.78, 5) is 11.8. The third-order valence-corrected chi connectivity index (χ3v) is 3.27. The molecule has 1 fully saturated rings. The lowest BCUT2D eigenvalue weighted by atomic mass is 9.99. The molecule has 0 radical (unpaired) electrons. The molecule has 0 unspecified atom stereocenters. The van der Waals surface area contributed by atoms with Crippen molar-refractivity contribution < 1.29 is 9.53 Å². The summed E-state index contributed by atoms with van der Waals surface area (Å²) in [7, 11) is 1.65. The van der Waals surface area contributed by atoms with Crippen molar-refractivity contribution in [1.82, 2.24) is 5.32 Å². The van der Waals surface area contributed by atoms with Gasteiger partial charge in [0.2, 0.25) is 5.91 Å². The van der Waals surface area contributed by atoms with E-state index >= 15 is 0 Å². The van der Waals surface area contributed by atoms with E-state index in [4.69, 9.17) is 4.74 Å². The lowest BCUT2D eigenvalue weighted by Crippen LogP contribution is -2.27. The monoisotopic (exact) mass is 247 g/mol. The lowest BCUT2D eigenvalue weighted by Gasteiger charge is -2.12. The minimum absolute atomic E-state index is 0.0908. The van der Waals surface area contributed by atoms with Gasteiger partial charge in [-0.1, -0.05) is 26.0 Å². The Kier molecular flexibility index (Phi) is 3.90. The second-order valence-corrected chi connectivity index (χ2v) is 5.24. The largest absolute Gasteiger partial charge is 0.496 e. The minimum atomic E-state index is 0.0908. The maximum atomic E-state index is 11.8. The number of benzene rings is 1. The van der Waals surface area contributed by atoms with Crippen molar-refractivity contribution in [2.75, 3.05) is 7.11 Å². The van der Waals surface area contributed by atoms with E-state index in [2.05, 4.69) is 25.2 Å². The lowest BCUT2D eigenvalue weighted by molar-refractivity contribution is -0.120. The molecule has 0 saturated heterocycles. The van der Waals surface area contributed by atoms with Crippen LogP contribution in [0.25, 0.3) is 0 Å². The molecule has 3 nitrogen and oxygen atoms in total. The van der Waals surface area contributed by atoms with E-state index in [1.54, 1.807) is 7.11 Å². The first-order chi connectivity index (χ1) is 8.60. The van der Waals surface area contributed by atoms with Gasteiger partial charge < -0.3 is 10.1 Å². The van der Waals surface area contributed by atoms with Gasteiger partial charge in [-0.3, -0.25) is 4.79 Å². The van der Waals surface area contributed by atoms with Gasteiger partial charge in [0.05, 0.1) is 13.5 Å². The molecule has 0 bridgehead atoms. The molecule has 0 atom stereocenters. The van der Waals surface area contributed by atoms with Crippen LogP contribution < -0.4 is 10.1 Å². The molecule has 18 heavy (non-hydrogen) atoms. The maximum absolute atomic E-state index is 11.8. The molecule has 3 heteroatoms. The van der Waals surface area contributed by atoms with Gasteiger partial charge in [0.15, 0.2) is 0 Å². The zero-order chi connectivity index (χ0) is 13.1. The number of amides is 1. The summed E-state index contributed by atoms with van der Waals surface area (Å²) in [5.74, 6) is 1.37. The summed E-state index contributed by atoms with van der Waals surface area (Å²) in [6.45, 7) is 4.29. The predicted molar refractivity (Wildman–Crippen MR) is 72.0 cm³/mol. The molecular formula is C15H21NO2. The summed E-state index contributed by atoms with van der Waals surface area (Å²) in [6.07, 6.45) is 2.64. The highest BCUT2D eigenvalue weighted by molar-refractivity contribution is 5.80. The van der Waals surface area contributed by atoms with E-state index in [-0.39, 0.29) is 5.91 Å². The summed E-state index contributed by atoms with van der Waals surface area (Å²) in [6, 6.07) is 6.52. The minimum Gasteiger partial charge on any atom is -0.496 e. The van der Waals surface area contributed by atoms with Crippen LogP contribution >= 0.6 is 0 Å². The zero-order valence-corrected chi connectivity index (χ0v) is 11.3. The number of carbonyl (C=O) groups excluding carboxylic acids is 1. The summed E-state index contributed by atoms with van der Waals surface area (Å²) in [5.41, 5.74) is 2.19. The van der Waals surface area contributed by atoms with Gasteiger partial charge >= 0.3 is 0 Å². The molecule has 0 spiro atoms. The van der Waals surface area contributed by atoms with E-state index in [0.717, 1.165) is 24.2 Å². The quantitative estimate of drug-likeness (QED) is 0.868. The van der Waals surface area contributed by atoms with Crippen LogP contribution in [-0.4, -0.2) is 19.1 Å². The highest BCUT2D eigenvalue weighted by Crippen LogP contribution is 2.25. The fraction of sp³-hybridized carbons (Fsp3) is 0.533. The third kappa shape index (κ3) is 3.25. The smallest absolute Gasteiger partial charge is 0.224 e. The SMILES string of the molecule is COc1cc(C(C)C)ccc1CC(=O)NC1CC1. The Bertz CT molecular complexity index is 436. The number of rotatable bonds is 5. The fourth-order valence-corrected chi connectivity index (χ4v) is 1.95. The van der Waals surface area contributed by atoms with Gasteiger partial charge in [0, 0.05) is 11.6 Å². The highest BCUT2D eigenvalue weighted by Gasteiger charge is 2.23. The van der Waals surface area contributed by atoms with Crippen LogP contribution in [0.1, 0.15) is 43.7 Å². The molecule has 0 aromatic heterocycles. The topological polar surface area (TPSA) is 38.3 Å². The van der Waals surface area contributed by atoms with Crippen molar-refractivity contribution >= 4 is 5.91 Å². The third-order valence-electron chi connectivity index (χ3n) is 3.27. The van der Waals surface area contributed by atoms with Crippen LogP contribution in [0.4, 0.5) is 0 Å². The second-order valence-electron chi connectivity index (χ2n) is 5.24. The van der Waals surface area contributed by atoms with Crippen molar-refractivity contribution in [2.45, 2.75) is 45.1 Å². The van der Waals surface area contributed by atoms with Gasteiger partial charge in [0.1, 0.15) is 5.75 Å². The Labute approximate surface area is 109 Å². The van der Waals surface area contributed by atoms with Crippen LogP contribution in [0.3, 0.4) is 0 Å². The molecule has 1 aliphatic carbocycles. The van der Waals surface area contributed by atoms with E-state index in [1.165, 1.54) is 5.56 Å². The molecule has 98 valence electrons. The van der Waals surface area contributed by atoms with Crippen molar-refractivity contribution in [1.29, 1.82) is 0 Å². The van der Waals surface area contributed by atoms with Crippen molar-refractivity contribution in [3.8, 4) is 5.75 Å². The molecular weight excluding hydrogens is 226 g/mol. The molecule has 0 aliphatic heterocycles. The highest BCUT2D eigenvalue weighted by atomic mass is 16.5. The number of nitrogens with one attached hydrogen (secondary N) is 1. The molecule has 1 N–H and O–H groups in total. The average Bonchev–Trinajstić information content (AvgIpc) is 3.13. The Balaban J connectivity index is 2.08. The Morgan fingerprint density at radius 2 is 2.17 bits per heavy atom. The molecule has 1 aliphatic rings. The zero-order valence-electron chi connectivity index (χ0n) is 11.3. The van der Waals surface area contributed by atoms with Gasteiger partial charge in [-0.05, 0) is 30.4 Å². The molecule has 1 saturated carbocycles. The first-order valence-corrected chi connectivity index (χ1v) is 6.56. The van der Waals surface area contributed by atoms with Crippen LogP contribution in [0, 0.1) is 0 Å². The summed E-state index contributed by atoms with van der Waals surface area (Å²) < 4.78 is 5.38. The maximum Gasteiger partial charge on any atom is 0.224 e. The molecule has 2 rings (SSSR count). The number of hydrogen-bond acceptors (Lipinski definition) is 2. The number of ether oxygens (including phenoxy) is 1. The second kappa shape index (κ2) is 5.42. The molecule has 1 amide bonds. The van der Waals surface area contributed by atoms with Gasteiger partial charge in [0.25, 0.3) is 0 Å². The summed E-state index contributed by atoms with van der Waals surface area (Å²) in [5, 5.41) is 3.00. The van der Waals surface area contributed by atoms with Crippen molar-refractivity contribution in [3.05, 3.63) is 29.3 Å². The fourth-order valence-electron chi connectivity index (χ4n) is 1.95. The van der Waals surface area contributed by atoms with Crippen LogP contribution in [-0.2, 0) is 11.2 Å². The number of carbonyl (C=O) groups is 1. The van der Waals surface area contributed by atoms with Gasteiger partial charge in [-0.2, -0.15) is 0 Å². The van der Waals surface area contributed by atoms with Crippen LogP contribution in [0.2, 0.25) is 0 Å². The van der Waals surface area contributed by atoms with Gasteiger partial charge in [-0.25, -0.2) is 0 Å². The molecule has 0 heterocycles. The van der Waals surface area contributed by atoms with E-state index in [1.807, 2.05) is 12.1 Å². The number of hydrogen-bond donors (Lipinski definition) is 1. The molecule has 1 aromatic carbocycles. The van der Waals surface area contributed by atoms with Gasteiger partial charge in [-0.15, -0.1) is 0 Å². The Morgan fingerprint density at radius 3 is 2.72 bits per heavy atom. The first-order valence-electron chi connectivity index (χ1n) is 6.56. The Morgan fingerprint density at radius 1 is 1.44 bits per heavy atom. The van der Waals surface area contributed by atoms with Crippen LogP contribution in [0.5, 0.6) is 5.75 Å².